The van der Waals surface area contributed by atoms with Gasteiger partial charge in [0.2, 0.25) is 0 Å². The van der Waals surface area contributed by atoms with Gasteiger partial charge in [-0.1, -0.05) is 18.2 Å². The fourth-order valence-corrected chi connectivity index (χ4v) is 2.85. The first kappa shape index (κ1) is 16.8. The monoisotopic (exact) mass is 332 g/mol. The van der Waals surface area contributed by atoms with Gasteiger partial charge in [-0.25, -0.2) is 8.42 Å². The maximum Gasteiger partial charge on any atom is 0.185 e. The minimum atomic E-state index is -3.43. The second kappa shape index (κ2) is 6.66. The molecule has 23 heavy (non-hydrogen) atoms. The van der Waals surface area contributed by atoms with Crippen molar-refractivity contribution in [2.45, 2.75) is 4.90 Å². The molecule has 120 valence electrons. The van der Waals surface area contributed by atoms with Gasteiger partial charge in [0.15, 0.2) is 15.6 Å². The highest BCUT2D eigenvalue weighted by Crippen LogP contribution is 2.25. The summed E-state index contributed by atoms with van der Waals surface area (Å²) in [6, 6.07) is 10.7. The van der Waals surface area contributed by atoms with Crippen LogP contribution in [0.1, 0.15) is 15.9 Å². The third-order valence-corrected chi connectivity index (χ3v) is 4.28. The Morgan fingerprint density at radius 3 is 2.52 bits per heavy atom. The number of carbonyl (C=O) groups is 1. The van der Waals surface area contributed by atoms with Crippen LogP contribution in [0.3, 0.4) is 0 Å². The Morgan fingerprint density at radius 1 is 1.17 bits per heavy atom. The number of allylic oxidation sites excluding steroid dienone is 1. The molecule has 5 nitrogen and oxygen atoms in total. The minimum absolute atomic E-state index is 0.0357. The van der Waals surface area contributed by atoms with Gasteiger partial charge in [-0.2, -0.15) is 0 Å². The van der Waals surface area contributed by atoms with E-state index in [2.05, 4.69) is 0 Å². The van der Waals surface area contributed by atoms with Crippen LogP contribution in [0.5, 0.6) is 11.5 Å². The van der Waals surface area contributed by atoms with E-state index in [1.807, 2.05) is 0 Å². The number of sulfone groups is 1. The van der Waals surface area contributed by atoms with Crippen LogP contribution in [0.2, 0.25) is 0 Å². The third-order valence-electron chi connectivity index (χ3n) is 3.14. The Hall–Kier alpha value is -2.60. The largest absolute Gasteiger partial charge is 0.508 e. The van der Waals surface area contributed by atoms with Crippen LogP contribution < -0.4 is 4.74 Å². The zero-order chi connectivity index (χ0) is 17.0. The molecular weight excluding hydrogens is 316 g/mol. The summed E-state index contributed by atoms with van der Waals surface area (Å²) in [5.74, 6) is -0.0606. The van der Waals surface area contributed by atoms with E-state index in [9.17, 15) is 18.3 Å². The quantitative estimate of drug-likeness (QED) is 0.672. The Labute approximate surface area is 134 Å². The van der Waals surface area contributed by atoms with Gasteiger partial charge < -0.3 is 9.84 Å². The fraction of sp³-hybridized carbons (Fsp3) is 0.118. The summed E-state index contributed by atoms with van der Waals surface area (Å²) in [5, 5.41) is 9.38. The first-order chi connectivity index (χ1) is 10.8. The predicted octanol–water partition coefficient (Wildman–Crippen LogP) is 2.70. The normalized spacial score (nSPS) is 11.6. The number of hydrogen-bond acceptors (Lipinski definition) is 5. The molecule has 0 aliphatic rings. The molecule has 0 aliphatic carbocycles. The Bertz CT molecular complexity index is 866. The van der Waals surface area contributed by atoms with Gasteiger partial charge in [0, 0.05) is 11.8 Å². The van der Waals surface area contributed by atoms with Crippen molar-refractivity contribution in [3.05, 3.63) is 59.7 Å². The van der Waals surface area contributed by atoms with E-state index in [4.69, 9.17) is 4.74 Å². The first-order valence-electron chi connectivity index (χ1n) is 6.71. The molecule has 6 heteroatoms. The number of methoxy groups -OCH3 is 1. The van der Waals surface area contributed by atoms with Crippen LogP contribution in [0.4, 0.5) is 0 Å². The number of aromatic hydroxyl groups is 1. The molecule has 0 unspecified atom stereocenters. The van der Waals surface area contributed by atoms with Gasteiger partial charge in [-0.3, -0.25) is 4.79 Å². The second-order valence-electron chi connectivity index (χ2n) is 4.93. The summed E-state index contributed by atoms with van der Waals surface area (Å²) in [7, 11) is -2.08. The molecule has 0 amide bonds. The van der Waals surface area contributed by atoms with Crippen LogP contribution in [0, 0.1) is 0 Å². The molecule has 0 spiro atoms. The lowest BCUT2D eigenvalue weighted by atomic mass is 10.1. The van der Waals surface area contributed by atoms with Gasteiger partial charge >= 0.3 is 0 Å². The summed E-state index contributed by atoms with van der Waals surface area (Å²) in [4.78, 5) is 12.2. The van der Waals surface area contributed by atoms with Gasteiger partial charge in [0.05, 0.1) is 7.11 Å². The lowest BCUT2D eigenvalue weighted by Crippen LogP contribution is -2.03. The van der Waals surface area contributed by atoms with Gasteiger partial charge in [-0.05, 0) is 42.0 Å². The summed E-state index contributed by atoms with van der Waals surface area (Å²) in [6.07, 6.45) is 4.00. The number of carbonyl (C=O) groups excluding carboxylic acids is 1. The zero-order valence-electron chi connectivity index (χ0n) is 12.7. The van der Waals surface area contributed by atoms with Crippen LogP contribution in [0.25, 0.3) is 6.08 Å². The van der Waals surface area contributed by atoms with Crippen LogP contribution >= 0.6 is 0 Å². The van der Waals surface area contributed by atoms with Crippen LogP contribution in [-0.4, -0.2) is 32.7 Å². The molecule has 1 N–H and O–H groups in total. The molecule has 2 aromatic rings. The Kier molecular flexibility index (Phi) is 4.86. The van der Waals surface area contributed by atoms with Crippen LogP contribution in [-0.2, 0) is 9.84 Å². The van der Waals surface area contributed by atoms with Crippen LogP contribution in [0.15, 0.2) is 53.4 Å². The van der Waals surface area contributed by atoms with E-state index in [1.165, 1.54) is 43.5 Å². The van der Waals surface area contributed by atoms with E-state index < -0.39 is 9.84 Å². The number of phenolic OH excluding ortho intramolecular Hbond substituents is 1. The van der Waals surface area contributed by atoms with Crippen molar-refractivity contribution in [1.82, 2.24) is 0 Å². The number of benzene rings is 2. The van der Waals surface area contributed by atoms with Crippen molar-refractivity contribution < 1.29 is 23.1 Å². The standard InChI is InChI=1S/C17H16O5S/c1-22-16-11-13(7-9-17(16)23(2,20)21)15(19)8-6-12-4-3-5-14(18)10-12/h3-11,18H,1-2H3/b8-6+. The maximum atomic E-state index is 12.2. The zero-order valence-corrected chi connectivity index (χ0v) is 13.5. The summed E-state index contributed by atoms with van der Waals surface area (Å²) >= 11 is 0. The summed E-state index contributed by atoms with van der Waals surface area (Å²) in [5.41, 5.74) is 0.990. The van der Waals surface area contributed by atoms with Gasteiger partial charge in [0.1, 0.15) is 16.4 Å². The number of rotatable bonds is 5. The molecule has 0 atom stereocenters. The molecule has 0 fully saturated rings. The molecule has 0 saturated carbocycles. The topological polar surface area (TPSA) is 80.7 Å². The SMILES string of the molecule is COc1cc(C(=O)/C=C/c2cccc(O)c2)ccc1S(C)(=O)=O. The number of ether oxygens (including phenoxy) is 1. The smallest absolute Gasteiger partial charge is 0.185 e. The van der Waals surface area contributed by atoms with E-state index in [0.29, 0.717) is 11.1 Å². The minimum Gasteiger partial charge on any atom is -0.508 e. The van der Waals surface area contributed by atoms with E-state index >= 15 is 0 Å². The number of hydrogen-bond donors (Lipinski definition) is 1. The average molecular weight is 332 g/mol. The maximum absolute atomic E-state index is 12.2. The van der Waals surface area contributed by atoms with E-state index in [0.717, 1.165) is 6.26 Å². The molecule has 0 radical (unpaired) electrons. The predicted molar refractivity (Wildman–Crippen MR) is 87.6 cm³/mol. The summed E-state index contributed by atoms with van der Waals surface area (Å²) in [6.45, 7) is 0. The van der Waals surface area contributed by atoms with Crippen molar-refractivity contribution in [2.24, 2.45) is 0 Å². The molecule has 0 saturated heterocycles. The highest BCUT2D eigenvalue weighted by Gasteiger charge is 2.16. The molecular formula is C17H16O5S. The Balaban J connectivity index is 2.30. The fourth-order valence-electron chi connectivity index (χ4n) is 2.02. The third kappa shape index (κ3) is 4.20. The highest BCUT2D eigenvalue weighted by atomic mass is 32.2. The van der Waals surface area contributed by atoms with E-state index in [-0.39, 0.29) is 22.2 Å². The highest BCUT2D eigenvalue weighted by molar-refractivity contribution is 7.90. The van der Waals surface area contributed by atoms with Crippen molar-refractivity contribution in [3.63, 3.8) is 0 Å². The Morgan fingerprint density at radius 2 is 1.91 bits per heavy atom. The average Bonchev–Trinajstić information content (AvgIpc) is 2.51. The van der Waals surface area contributed by atoms with Gasteiger partial charge in [0.25, 0.3) is 0 Å². The van der Waals surface area contributed by atoms with Gasteiger partial charge in [-0.15, -0.1) is 0 Å². The van der Waals surface area contributed by atoms with Crippen molar-refractivity contribution in [1.29, 1.82) is 0 Å². The van der Waals surface area contributed by atoms with Crippen molar-refractivity contribution in [3.8, 4) is 11.5 Å². The number of ketones is 1. The lowest BCUT2D eigenvalue weighted by molar-refractivity contribution is 0.104. The van der Waals surface area contributed by atoms with E-state index in [1.54, 1.807) is 18.2 Å². The molecule has 0 bridgehead atoms. The molecule has 0 heterocycles. The number of phenols is 1. The molecule has 0 aromatic heterocycles. The van der Waals surface area contributed by atoms with Crippen molar-refractivity contribution >= 4 is 21.7 Å². The molecule has 2 aromatic carbocycles. The second-order valence-corrected chi connectivity index (χ2v) is 6.91. The molecule has 0 aliphatic heterocycles. The van der Waals surface area contributed by atoms with Crippen molar-refractivity contribution in [2.75, 3.05) is 13.4 Å². The lowest BCUT2D eigenvalue weighted by Gasteiger charge is -2.08. The first-order valence-corrected chi connectivity index (χ1v) is 8.60. The summed E-state index contributed by atoms with van der Waals surface area (Å²) < 4.78 is 28.3. The molecule has 2 rings (SSSR count).